The van der Waals surface area contributed by atoms with Gasteiger partial charge in [-0.3, -0.25) is 4.68 Å². The molecular weight excluding hydrogens is 310 g/mol. The molecule has 2 heterocycles. The van der Waals surface area contributed by atoms with Crippen LogP contribution in [0, 0.1) is 20.8 Å². The van der Waals surface area contributed by atoms with Crippen molar-refractivity contribution in [2.45, 2.75) is 33.2 Å². The Hall–Kier alpha value is -0.650. The van der Waals surface area contributed by atoms with Crippen LogP contribution in [0.2, 0.25) is 0 Å². The topological polar surface area (TPSA) is 43.8 Å². The van der Waals surface area contributed by atoms with E-state index in [1.54, 1.807) is 11.3 Å². The number of nitrogens with two attached hydrogens (primary N) is 1. The maximum atomic E-state index is 6.30. The Bertz CT molecular complexity index is 552. The van der Waals surface area contributed by atoms with Gasteiger partial charge in [0.15, 0.2) is 0 Å². The van der Waals surface area contributed by atoms with E-state index in [1.165, 1.54) is 15.3 Å². The van der Waals surface area contributed by atoms with Crippen molar-refractivity contribution >= 4 is 27.3 Å². The van der Waals surface area contributed by atoms with Gasteiger partial charge in [0.2, 0.25) is 0 Å². The average molecular weight is 328 g/mol. The average Bonchev–Trinajstić information content (AvgIpc) is 2.75. The molecule has 2 rings (SSSR count). The van der Waals surface area contributed by atoms with Crippen molar-refractivity contribution in [3.05, 3.63) is 37.2 Å². The molecule has 0 amide bonds. The molecule has 0 aromatic carbocycles. The van der Waals surface area contributed by atoms with Gasteiger partial charge in [0.05, 0.1) is 15.9 Å². The highest BCUT2D eigenvalue weighted by Gasteiger charge is 2.17. The predicted molar refractivity (Wildman–Crippen MR) is 80.1 cm³/mol. The normalized spacial score (nSPS) is 13.0. The molecule has 1 atom stereocenters. The molecule has 0 aliphatic heterocycles. The fraction of sp³-hybridized carbons (Fsp3) is 0.462. The van der Waals surface area contributed by atoms with E-state index >= 15 is 0 Å². The van der Waals surface area contributed by atoms with Gasteiger partial charge in [-0.05, 0) is 48.3 Å². The first kappa shape index (κ1) is 13.8. The predicted octanol–water partition coefficient (Wildman–Crippen LogP) is 3.41. The third kappa shape index (κ3) is 2.53. The molecule has 0 saturated carbocycles. The van der Waals surface area contributed by atoms with Gasteiger partial charge in [0.1, 0.15) is 0 Å². The summed E-state index contributed by atoms with van der Waals surface area (Å²) in [5.41, 5.74) is 9.80. The SMILES string of the molecule is Cc1cc(C(N)Cc2c(Br)c(C)nn2C)sc1C. The number of hydrogen-bond acceptors (Lipinski definition) is 3. The maximum Gasteiger partial charge on any atom is 0.0738 e. The largest absolute Gasteiger partial charge is 0.323 e. The second-order valence-electron chi connectivity index (χ2n) is 4.67. The molecule has 0 saturated heterocycles. The summed E-state index contributed by atoms with van der Waals surface area (Å²) in [5.74, 6) is 0. The minimum Gasteiger partial charge on any atom is -0.323 e. The fourth-order valence-electron chi connectivity index (χ4n) is 2.00. The Morgan fingerprint density at radius 2 is 2.11 bits per heavy atom. The first-order chi connectivity index (χ1) is 8.40. The first-order valence-electron chi connectivity index (χ1n) is 5.90. The lowest BCUT2D eigenvalue weighted by molar-refractivity contribution is 0.644. The zero-order chi connectivity index (χ0) is 13.4. The molecule has 0 radical (unpaired) electrons. The van der Waals surface area contributed by atoms with Crippen LogP contribution in [0.4, 0.5) is 0 Å². The van der Waals surface area contributed by atoms with Crippen LogP contribution in [0.3, 0.4) is 0 Å². The highest BCUT2D eigenvalue weighted by molar-refractivity contribution is 9.10. The molecule has 0 fully saturated rings. The summed E-state index contributed by atoms with van der Waals surface area (Å²) in [4.78, 5) is 2.59. The zero-order valence-electron chi connectivity index (χ0n) is 11.1. The maximum absolute atomic E-state index is 6.30. The molecule has 18 heavy (non-hydrogen) atoms. The molecule has 3 nitrogen and oxygen atoms in total. The van der Waals surface area contributed by atoms with Crippen LogP contribution in [0.5, 0.6) is 0 Å². The molecule has 1 unspecified atom stereocenters. The van der Waals surface area contributed by atoms with Crippen molar-refractivity contribution in [3.63, 3.8) is 0 Å². The van der Waals surface area contributed by atoms with E-state index in [1.807, 2.05) is 18.7 Å². The lowest BCUT2D eigenvalue weighted by atomic mass is 10.1. The molecular formula is C13H18BrN3S. The number of thiophene rings is 1. The van der Waals surface area contributed by atoms with Crippen LogP contribution in [-0.2, 0) is 13.5 Å². The summed E-state index contributed by atoms with van der Waals surface area (Å²) in [6.07, 6.45) is 0.803. The molecule has 2 aromatic heterocycles. The Morgan fingerprint density at radius 1 is 1.44 bits per heavy atom. The Balaban J connectivity index is 2.23. The molecule has 0 bridgehead atoms. The van der Waals surface area contributed by atoms with Crippen LogP contribution in [-0.4, -0.2) is 9.78 Å². The summed E-state index contributed by atoms with van der Waals surface area (Å²) in [5, 5.41) is 4.40. The molecule has 2 aromatic rings. The van der Waals surface area contributed by atoms with Crippen molar-refractivity contribution in [1.29, 1.82) is 0 Å². The van der Waals surface area contributed by atoms with Gasteiger partial charge in [0, 0.05) is 29.3 Å². The van der Waals surface area contributed by atoms with Gasteiger partial charge >= 0.3 is 0 Å². The highest BCUT2D eigenvalue weighted by atomic mass is 79.9. The van der Waals surface area contributed by atoms with E-state index in [4.69, 9.17) is 5.73 Å². The summed E-state index contributed by atoms with van der Waals surface area (Å²) in [6.45, 7) is 6.27. The number of aromatic nitrogens is 2. The molecule has 0 aliphatic rings. The van der Waals surface area contributed by atoms with E-state index in [0.717, 1.165) is 22.3 Å². The third-order valence-electron chi connectivity index (χ3n) is 3.23. The highest BCUT2D eigenvalue weighted by Crippen LogP contribution is 2.29. The number of halogens is 1. The van der Waals surface area contributed by atoms with Crippen LogP contribution < -0.4 is 5.73 Å². The van der Waals surface area contributed by atoms with Crippen molar-refractivity contribution < 1.29 is 0 Å². The molecule has 98 valence electrons. The lowest BCUT2D eigenvalue weighted by Crippen LogP contribution is -2.14. The summed E-state index contributed by atoms with van der Waals surface area (Å²) in [7, 11) is 1.96. The van der Waals surface area contributed by atoms with Gasteiger partial charge in [-0.1, -0.05) is 0 Å². The van der Waals surface area contributed by atoms with Crippen molar-refractivity contribution in [2.24, 2.45) is 12.8 Å². The van der Waals surface area contributed by atoms with Crippen LogP contribution in [0.15, 0.2) is 10.5 Å². The van der Waals surface area contributed by atoms with E-state index < -0.39 is 0 Å². The number of rotatable bonds is 3. The first-order valence-corrected chi connectivity index (χ1v) is 7.51. The summed E-state index contributed by atoms with van der Waals surface area (Å²) >= 11 is 5.38. The third-order valence-corrected chi connectivity index (χ3v) is 5.54. The molecule has 5 heteroatoms. The minimum atomic E-state index is 0.0356. The minimum absolute atomic E-state index is 0.0356. The van der Waals surface area contributed by atoms with E-state index in [0.29, 0.717) is 0 Å². The Kier molecular flexibility index (Phi) is 3.94. The van der Waals surface area contributed by atoms with Crippen LogP contribution in [0.25, 0.3) is 0 Å². The van der Waals surface area contributed by atoms with Crippen LogP contribution >= 0.6 is 27.3 Å². The lowest BCUT2D eigenvalue weighted by Gasteiger charge is -2.10. The summed E-state index contributed by atoms with van der Waals surface area (Å²) < 4.78 is 2.98. The monoisotopic (exact) mass is 327 g/mol. The molecule has 2 N–H and O–H groups in total. The number of nitrogens with zero attached hydrogens (tertiary/aromatic N) is 2. The van der Waals surface area contributed by atoms with Crippen molar-refractivity contribution in [3.8, 4) is 0 Å². The molecule has 0 aliphatic carbocycles. The second-order valence-corrected chi connectivity index (χ2v) is 6.75. The van der Waals surface area contributed by atoms with Gasteiger partial charge in [-0.15, -0.1) is 11.3 Å². The van der Waals surface area contributed by atoms with E-state index in [9.17, 15) is 0 Å². The summed E-state index contributed by atoms with van der Waals surface area (Å²) in [6, 6.07) is 2.23. The van der Waals surface area contributed by atoms with Gasteiger partial charge in [-0.2, -0.15) is 5.10 Å². The van der Waals surface area contributed by atoms with Gasteiger partial charge in [0.25, 0.3) is 0 Å². The smallest absolute Gasteiger partial charge is 0.0738 e. The van der Waals surface area contributed by atoms with Crippen molar-refractivity contribution in [1.82, 2.24) is 9.78 Å². The second kappa shape index (κ2) is 5.15. The van der Waals surface area contributed by atoms with Crippen molar-refractivity contribution in [2.75, 3.05) is 0 Å². The van der Waals surface area contributed by atoms with Gasteiger partial charge in [-0.25, -0.2) is 0 Å². The van der Waals surface area contributed by atoms with E-state index in [-0.39, 0.29) is 6.04 Å². The number of hydrogen-bond donors (Lipinski definition) is 1. The Morgan fingerprint density at radius 3 is 2.56 bits per heavy atom. The molecule has 0 spiro atoms. The van der Waals surface area contributed by atoms with Gasteiger partial charge < -0.3 is 5.73 Å². The standard InChI is InChI=1S/C13H18BrN3S/c1-7-5-12(18-9(7)3)10(15)6-11-13(14)8(2)16-17(11)4/h5,10H,6,15H2,1-4H3. The number of aryl methyl sites for hydroxylation is 4. The zero-order valence-corrected chi connectivity index (χ0v) is 13.5. The fourth-order valence-corrected chi connectivity index (χ4v) is 3.54. The van der Waals surface area contributed by atoms with Crippen LogP contribution in [0.1, 0.15) is 32.7 Å². The van der Waals surface area contributed by atoms with E-state index in [2.05, 4.69) is 40.9 Å². The Labute approximate surface area is 120 Å². The quantitative estimate of drug-likeness (QED) is 0.938.